The summed E-state index contributed by atoms with van der Waals surface area (Å²) >= 11 is -0.0896. The molecule has 0 saturated heterocycles. The summed E-state index contributed by atoms with van der Waals surface area (Å²) in [6.45, 7) is 0.586. The molecule has 0 aliphatic rings. The Labute approximate surface area is 99.2 Å². The fourth-order valence-corrected chi connectivity index (χ4v) is 0.586. The normalized spacial score (nSPS) is 13.8. The Balaban J connectivity index is 4.77. The number of carbonyl (C=O) groups excluding carboxylic acids is 1. The van der Waals surface area contributed by atoms with E-state index in [1.807, 2.05) is 0 Å². The van der Waals surface area contributed by atoms with Gasteiger partial charge in [0.05, 0.1) is 6.61 Å². The molecule has 0 fully saturated rings. The van der Waals surface area contributed by atoms with E-state index in [9.17, 15) is 31.1 Å². The molecule has 0 amide bonds. The van der Waals surface area contributed by atoms with E-state index >= 15 is 0 Å². The van der Waals surface area contributed by atoms with Crippen molar-refractivity contribution in [3.8, 4) is 0 Å². The zero-order chi connectivity index (χ0) is 13.2. The smallest absolute Gasteiger partial charge is 0.460 e. The van der Waals surface area contributed by atoms with Gasteiger partial charge < -0.3 is 4.74 Å². The van der Waals surface area contributed by atoms with Crippen molar-refractivity contribution in [2.75, 3.05) is 6.61 Å². The van der Waals surface area contributed by atoms with Gasteiger partial charge >= 0.3 is 22.1 Å². The summed E-state index contributed by atoms with van der Waals surface area (Å²) in [6.07, 6.45) is -10.6. The topological polar surface area (TPSA) is 35.5 Å². The van der Waals surface area contributed by atoms with Gasteiger partial charge in [0.2, 0.25) is 0 Å². The molecule has 0 aromatic heterocycles. The number of hydrogen-bond acceptors (Lipinski definition) is 3. The lowest BCUT2D eigenvalue weighted by molar-refractivity contribution is -0.398. The fraction of sp³-hybridized carbons (Fsp3) is 0.833. The van der Waals surface area contributed by atoms with Gasteiger partial charge in [0.15, 0.2) is 0 Å². The van der Waals surface area contributed by atoms with Gasteiger partial charge in [-0.3, -0.25) is 0 Å². The maximum Gasteiger partial charge on any atom is 0.460 e. The van der Waals surface area contributed by atoms with Gasteiger partial charge in [-0.2, -0.15) is 26.3 Å². The van der Waals surface area contributed by atoms with E-state index in [2.05, 4.69) is 9.47 Å². The number of rotatable bonds is 5. The van der Waals surface area contributed by atoms with Crippen molar-refractivity contribution >= 4 is 28.6 Å². The second kappa shape index (κ2) is 4.94. The van der Waals surface area contributed by atoms with Crippen LogP contribution in [0.3, 0.4) is 0 Å². The van der Waals surface area contributed by atoms with Gasteiger partial charge in [-0.1, -0.05) is 0 Å². The van der Waals surface area contributed by atoms with Crippen molar-refractivity contribution in [3.63, 3.8) is 0 Å². The Morgan fingerprint density at radius 3 is 1.94 bits per heavy atom. The van der Waals surface area contributed by atoms with E-state index in [0.29, 0.717) is 0 Å². The van der Waals surface area contributed by atoms with Crippen LogP contribution in [0.5, 0.6) is 0 Å². The molecule has 0 heterocycles. The highest BCUT2D eigenvalue weighted by Crippen LogP contribution is 2.43. The summed E-state index contributed by atoms with van der Waals surface area (Å²) in [7, 11) is 0. The second-order valence-corrected chi connectivity index (χ2v) is 3.71. The Kier molecular flexibility index (Phi) is 4.86. The highest BCUT2D eigenvalue weighted by Gasteiger charge is 2.63. The average Bonchev–Trinajstić information content (AvgIpc) is 2.00. The van der Waals surface area contributed by atoms with Gasteiger partial charge in [-0.05, 0) is 6.92 Å². The van der Waals surface area contributed by atoms with E-state index < -0.39 is 28.7 Å². The molecule has 0 radical (unpaired) electrons. The van der Waals surface area contributed by atoms with Crippen LogP contribution in [0.15, 0.2) is 0 Å². The molecule has 0 aromatic carbocycles. The Morgan fingerprint density at radius 2 is 1.62 bits per heavy atom. The van der Waals surface area contributed by atoms with Crippen molar-refractivity contribution in [2.24, 2.45) is 0 Å². The van der Waals surface area contributed by atoms with E-state index in [1.54, 1.807) is 0 Å². The lowest BCUT2D eigenvalue weighted by Crippen LogP contribution is -2.47. The maximum atomic E-state index is 12.5. The van der Waals surface area contributed by atoms with Gasteiger partial charge in [0.25, 0.3) is 0 Å². The predicted octanol–water partition coefficient (Wildman–Crippen LogP) is 2.78. The molecule has 3 nitrogen and oxygen atoms in total. The first-order valence-corrected chi connectivity index (χ1v) is 4.71. The van der Waals surface area contributed by atoms with E-state index in [0.717, 1.165) is 6.92 Å². The third-order valence-corrected chi connectivity index (χ3v) is 1.73. The minimum absolute atomic E-state index is 0.0896. The SMILES string of the molecule is CCOC(=O)C(F)(F)OC(F)(F)C(F)(F)I. The summed E-state index contributed by atoms with van der Waals surface area (Å²) in [4.78, 5) is 10.4. The number of esters is 1. The van der Waals surface area contributed by atoms with E-state index in [4.69, 9.17) is 0 Å². The van der Waals surface area contributed by atoms with Crippen LogP contribution in [0.1, 0.15) is 6.92 Å². The predicted molar refractivity (Wildman–Crippen MR) is 46.6 cm³/mol. The van der Waals surface area contributed by atoms with Crippen LogP contribution >= 0.6 is 22.6 Å². The molecular formula is C6H5F6IO3. The number of hydrogen-bond donors (Lipinski definition) is 0. The molecule has 16 heavy (non-hydrogen) atoms. The number of ether oxygens (including phenoxy) is 2. The first-order chi connectivity index (χ1) is 6.94. The fourth-order valence-electron chi connectivity index (χ4n) is 0.476. The summed E-state index contributed by atoms with van der Waals surface area (Å²) in [5.41, 5.74) is 0. The minimum atomic E-state index is -5.50. The first kappa shape index (κ1) is 15.7. The second-order valence-electron chi connectivity index (χ2n) is 2.35. The van der Waals surface area contributed by atoms with Crippen molar-refractivity contribution in [2.45, 2.75) is 23.1 Å². The van der Waals surface area contributed by atoms with Gasteiger partial charge in [-0.15, -0.1) is 0 Å². The van der Waals surface area contributed by atoms with Crippen molar-refractivity contribution in [1.29, 1.82) is 0 Å². The molecule has 0 rings (SSSR count). The third-order valence-electron chi connectivity index (χ3n) is 1.10. The first-order valence-electron chi connectivity index (χ1n) is 3.64. The summed E-state index contributed by atoms with van der Waals surface area (Å²) in [5, 5.41) is 0. The molecule has 10 heteroatoms. The van der Waals surface area contributed by atoms with E-state index in [1.165, 1.54) is 0 Å². The molecule has 0 atom stereocenters. The molecule has 0 aromatic rings. The Morgan fingerprint density at radius 1 is 1.19 bits per heavy atom. The van der Waals surface area contributed by atoms with Gasteiger partial charge in [0.1, 0.15) is 0 Å². The van der Waals surface area contributed by atoms with Crippen LogP contribution in [0.2, 0.25) is 0 Å². The van der Waals surface area contributed by atoms with Crippen molar-refractivity contribution < 1.29 is 40.6 Å². The largest absolute Gasteiger partial charge is 0.460 e. The average molecular weight is 366 g/mol. The lowest BCUT2D eigenvalue weighted by atomic mass is 10.6. The highest BCUT2D eigenvalue weighted by molar-refractivity contribution is 14.1. The highest BCUT2D eigenvalue weighted by atomic mass is 127. The maximum absolute atomic E-state index is 12.5. The van der Waals surface area contributed by atoms with E-state index in [-0.39, 0.29) is 22.6 Å². The monoisotopic (exact) mass is 366 g/mol. The molecular weight excluding hydrogens is 361 g/mol. The zero-order valence-electron chi connectivity index (χ0n) is 7.58. The molecule has 0 N–H and O–H groups in total. The minimum Gasteiger partial charge on any atom is -0.460 e. The molecule has 0 spiro atoms. The Bertz CT molecular complexity index is 263. The Hall–Kier alpha value is -0.260. The molecule has 0 aliphatic heterocycles. The van der Waals surface area contributed by atoms with Crippen LogP contribution in [0.4, 0.5) is 26.3 Å². The van der Waals surface area contributed by atoms with Gasteiger partial charge in [0, 0.05) is 22.6 Å². The van der Waals surface area contributed by atoms with Gasteiger partial charge in [-0.25, -0.2) is 9.53 Å². The molecule has 0 bridgehead atoms. The van der Waals surface area contributed by atoms with Crippen LogP contribution in [0, 0.1) is 0 Å². The lowest BCUT2D eigenvalue weighted by Gasteiger charge is -2.24. The number of carbonyl (C=O) groups is 1. The van der Waals surface area contributed by atoms with Crippen molar-refractivity contribution in [3.05, 3.63) is 0 Å². The van der Waals surface area contributed by atoms with Crippen molar-refractivity contribution in [1.82, 2.24) is 0 Å². The summed E-state index contributed by atoms with van der Waals surface area (Å²) < 4.78 is 75.3. The zero-order valence-corrected chi connectivity index (χ0v) is 9.74. The van der Waals surface area contributed by atoms with Crippen LogP contribution < -0.4 is 0 Å². The quantitative estimate of drug-likeness (QED) is 0.325. The van der Waals surface area contributed by atoms with Crippen LogP contribution in [0.25, 0.3) is 0 Å². The molecule has 0 saturated carbocycles. The molecule has 0 unspecified atom stereocenters. The van der Waals surface area contributed by atoms with Crippen LogP contribution in [-0.2, 0) is 14.3 Å². The molecule has 96 valence electrons. The summed E-state index contributed by atoms with van der Waals surface area (Å²) in [6, 6.07) is 0. The number of halogens is 7. The number of alkyl halides is 7. The molecule has 0 aliphatic carbocycles. The third kappa shape index (κ3) is 3.96. The summed E-state index contributed by atoms with van der Waals surface area (Å²) in [5.74, 6) is -2.46. The van der Waals surface area contributed by atoms with Crippen LogP contribution in [-0.4, -0.2) is 28.7 Å². The standard InChI is InChI=1S/C6H5F6IO3/c1-2-15-3(14)4(7,8)16-6(11,12)5(9,10)13/h2H2,1H3.